The van der Waals surface area contributed by atoms with Gasteiger partial charge in [-0.05, 0) is 68.1 Å². The molecule has 9 nitrogen and oxygen atoms in total. The van der Waals surface area contributed by atoms with Gasteiger partial charge in [-0.3, -0.25) is 13.9 Å². The van der Waals surface area contributed by atoms with Crippen LogP contribution in [-0.4, -0.2) is 60.8 Å². The Balaban J connectivity index is 1.83. The minimum Gasteiger partial charge on any atom is -0.444 e. The third-order valence-electron chi connectivity index (χ3n) is 5.19. The minimum atomic E-state index is -3.64. The largest absolute Gasteiger partial charge is 0.444 e. The highest BCUT2D eigenvalue weighted by molar-refractivity contribution is 9.10. The number of aromatic nitrogens is 1. The zero-order valence-electron chi connectivity index (χ0n) is 17.6. The van der Waals surface area contributed by atoms with Gasteiger partial charge in [0.1, 0.15) is 22.1 Å². The van der Waals surface area contributed by atoms with Crippen molar-refractivity contribution in [2.75, 3.05) is 18.2 Å². The van der Waals surface area contributed by atoms with Crippen LogP contribution in [0.3, 0.4) is 0 Å². The molecule has 0 unspecified atom stereocenters. The zero-order chi connectivity index (χ0) is 22.5. The van der Waals surface area contributed by atoms with Crippen LogP contribution in [0.2, 0.25) is 0 Å². The Kier molecular flexibility index (Phi) is 5.94. The SMILES string of the molecule is Cc1ccc(Br)nc1NC(=O)[C@@H]1C[C@@]2(COS(C)(=O)=O)C[C@H]2N1C(=O)OC(C)(C)C. The summed E-state index contributed by atoms with van der Waals surface area (Å²) < 4.78 is 34.0. The van der Waals surface area contributed by atoms with E-state index in [0.29, 0.717) is 16.8 Å². The number of carbonyl (C=O) groups excluding carboxylic acids is 2. The normalized spacial score (nSPS) is 25.6. The molecule has 0 radical (unpaired) electrons. The maximum atomic E-state index is 13.1. The second-order valence-corrected chi connectivity index (χ2v) is 11.4. The highest BCUT2D eigenvalue weighted by Gasteiger charge is 2.68. The number of nitrogens with one attached hydrogen (secondary N) is 1. The molecule has 2 aliphatic rings. The molecule has 3 rings (SSSR count). The van der Waals surface area contributed by atoms with Crippen LogP contribution in [0.5, 0.6) is 0 Å². The van der Waals surface area contributed by atoms with Crippen LogP contribution in [0.4, 0.5) is 10.6 Å². The first kappa shape index (κ1) is 23.0. The molecule has 0 aromatic carbocycles. The van der Waals surface area contributed by atoms with Crippen molar-refractivity contribution >= 4 is 43.9 Å². The van der Waals surface area contributed by atoms with Gasteiger partial charge in [-0.2, -0.15) is 8.42 Å². The topological polar surface area (TPSA) is 115 Å². The fourth-order valence-corrected chi connectivity index (χ4v) is 4.46. The van der Waals surface area contributed by atoms with Crippen LogP contribution < -0.4 is 5.32 Å². The molecule has 1 aromatic rings. The summed E-state index contributed by atoms with van der Waals surface area (Å²) in [5.41, 5.74) is -0.542. The molecule has 2 fully saturated rings. The molecule has 2 heterocycles. The van der Waals surface area contributed by atoms with Crippen molar-refractivity contribution in [3.05, 3.63) is 22.3 Å². The number of ether oxygens (including phenoxy) is 1. The molecule has 1 N–H and O–H groups in total. The summed E-state index contributed by atoms with van der Waals surface area (Å²) in [6.07, 6.45) is 1.21. The summed E-state index contributed by atoms with van der Waals surface area (Å²) in [4.78, 5) is 31.7. The Morgan fingerprint density at radius 3 is 2.60 bits per heavy atom. The van der Waals surface area contributed by atoms with E-state index in [4.69, 9.17) is 8.92 Å². The number of amides is 2. The van der Waals surface area contributed by atoms with Crippen molar-refractivity contribution < 1.29 is 26.9 Å². The average molecular weight is 504 g/mol. The van der Waals surface area contributed by atoms with Crippen LogP contribution in [0.1, 0.15) is 39.2 Å². The Bertz CT molecular complexity index is 977. The molecule has 1 aromatic heterocycles. The summed E-state index contributed by atoms with van der Waals surface area (Å²) in [5, 5.41) is 2.78. The van der Waals surface area contributed by atoms with E-state index in [1.165, 1.54) is 4.90 Å². The molecule has 1 saturated heterocycles. The molecule has 1 aliphatic heterocycles. The van der Waals surface area contributed by atoms with E-state index in [1.807, 2.05) is 13.0 Å². The van der Waals surface area contributed by atoms with Gasteiger partial charge < -0.3 is 10.1 Å². The van der Waals surface area contributed by atoms with Gasteiger partial charge in [-0.25, -0.2) is 9.78 Å². The number of hydrogen-bond acceptors (Lipinski definition) is 7. The van der Waals surface area contributed by atoms with Gasteiger partial charge in [0.15, 0.2) is 0 Å². The van der Waals surface area contributed by atoms with E-state index in [-0.39, 0.29) is 19.1 Å². The number of halogens is 1. The van der Waals surface area contributed by atoms with E-state index in [0.717, 1.165) is 11.8 Å². The number of hydrogen-bond donors (Lipinski definition) is 1. The van der Waals surface area contributed by atoms with Crippen molar-refractivity contribution in [2.45, 2.75) is 58.2 Å². The van der Waals surface area contributed by atoms with Crippen LogP contribution in [0.25, 0.3) is 0 Å². The second-order valence-electron chi connectivity index (χ2n) is 8.94. The molecule has 3 atom stereocenters. The molecule has 0 bridgehead atoms. The average Bonchev–Trinajstić information content (AvgIpc) is 3.18. The van der Waals surface area contributed by atoms with Gasteiger partial charge >= 0.3 is 6.09 Å². The van der Waals surface area contributed by atoms with Gasteiger partial charge in [0.25, 0.3) is 10.1 Å². The lowest BCUT2D eigenvalue weighted by Crippen LogP contribution is -2.47. The second kappa shape index (κ2) is 7.76. The van der Waals surface area contributed by atoms with Gasteiger partial charge in [0, 0.05) is 11.5 Å². The molecule has 166 valence electrons. The number of carbonyl (C=O) groups is 2. The van der Waals surface area contributed by atoms with E-state index in [1.54, 1.807) is 26.8 Å². The third kappa shape index (κ3) is 5.12. The molecule has 0 spiro atoms. The minimum absolute atomic E-state index is 0.0757. The predicted octanol–water partition coefficient (Wildman–Crippen LogP) is 2.84. The molecule has 1 saturated carbocycles. The molecular weight excluding hydrogens is 478 g/mol. The van der Waals surface area contributed by atoms with Gasteiger partial charge in [-0.1, -0.05) is 6.07 Å². The van der Waals surface area contributed by atoms with Gasteiger partial charge in [0.05, 0.1) is 12.9 Å². The fourth-order valence-electron chi connectivity index (χ4n) is 3.70. The van der Waals surface area contributed by atoms with Gasteiger partial charge in [0.2, 0.25) is 5.91 Å². The van der Waals surface area contributed by atoms with E-state index in [2.05, 4.69) is 26.2 Å². The van der Waals surface area contributed by atoms with Crippen molar-refractivity contribution in [3.63, 3.8) is 0 Å². The summed E-state index contributed by atoms with van der Waals surface area (Å²) >= 11 is 3.28. The number of aryl methyl sites for hydroxylation is 1. The lowest BCUT2D eigenvalue weighted by Gasteiger charge is -2.29. The number of likely N-dealkylation sites (tertiary alicyclic amines) is 1. The highest BCUT2D eigenvalue weighted by Crippen LogP contribution is 2.60. The number of anilines is 1. The Hall–Kier alpha value is -1.72. The molecular formula is C19H26BrN3O6S. The quantitative estimate of drug-likeness (QED) is 0.485. The number of piperidine rings is 1. The Morgan fingerprint density at radius 2 is 2.00 bits per heavy atom. The maximum absolute atomic E-state index is 13.1. The fraction of sp³-hybridized carbons (Fsp3) is 0.632. The first-order valence-electron chi connectivity index (χ1n) is 9.50. The van der Waals surface area contributed by atoms with Crippen LogP contribution in [0, 0.1) is 12.3 Å². The highest BCUT2D eigenvalue weighted by atomic mass is 79.9. The van der Waals surface area contributed by atoms with Crippen molar-refractivity contribution in [1.29, 1.82) is 0 Å². The Labute approximate surface area is 184 Å². The van der Waals surface area contributed by atoms with Crippen molar-refractivity contribution in [1.82, 2.24) is 9.88 Å². The summed E-state index contributed by atoms with van der Waals surface area (Å²) in [6.45, 7) is 6.98. The number of rotatable bonds is 5. The van der Waals surface area contributed by atoms with Crippen LogP contribution in [0.15, 0.2) is 16.7 Å². The van der Waals surface area contributed by atoms with Gasteiger partial charge in [-0.15, -0.1) is 0 Å². The summed E-state index contributed by atoms with van der Waals surface area (Å²) in [5.74, 6) is -0.0130. The smallest absolute Gasteiger partial charge is 0.411 e. The zero-order valence-corrected chi connectivity index (χ0v) is 20.0. The van der Waals surface area contributed by atoms with E-state index >= 15 is 0 Å². The molecule has 2 amide bonds. The lowest BCUT2D eigenvalue weighted by atomic mass is 10.0. The molecule has 11 heteroatoms. The predicted molar refractivity (Wildman–Crippen MR) is 113 cm³/mol. The van der Waals surface area contributed by atoms with Crippen molar-refractivity contribution in [2.24, 2.45) is 5.41 Å². The summed E-state index contributed by atoms with van der Waals surface area (Å²) in [6, 6.07) is 2.44. The molecule has 30 heavy (non-hydrogen) atoms. The maximum Gasteiger partial charge on any atom is 0.411 e. The third-order valence-corrected chi connectivity index (χ3v) is 6.18. The number of pyridine rings is 1. The van der Waals surface area contributed by atoms with E-state index in [9.17, 15) is 18.0 Å². The van der Waals surface area contributed by atoms with Crippen molar-refractivity contribution in [3.8, 4) is 0 Å². The monoisotopic (exact) mass is 503 g/mol. The first-order valence-corrected chi connectivity index (χ1v) is 12.1. The van der Waals surface area contributed by atoms with E-state index < -0.39 is 39.2 Å². The van der Waals surface area contributed by atoms with Crippen LogP contribution >= 0.6 is 15.9 Å². The summed E-state index contributed by atoms with van der Waals surface area (Å²) in [7, 11) is -3.64. The first-order chi connectivity index (χ1) is 13.7. The lowest BCUT2D eigenvalue weighted by molar-refractivity contribution is -0.121. The molecule has 1 aliphatic carbocycles. The number of fused-ring (bicyclic) bond motifs is 1. The number of nitrogens with zero attached hydrogens (tertiary/aromatic N) is 2. The Morgan fingerprint density at radius 1 is 1.33 bits per heavy atom. The van der Waals surface area contributed by atoms with Crippen LogP contribution in [-0.2, 0) is 23.8 Å². The standard InChI is InChI=1S/C19H26BrN3O6S/c1-11-6-7-14(20)21-15(11)22-16(24)12-8-19(10-28-30(5,26)27)9-13(19)23(12)17(25)29-18(2,3)4/h6-7,12-13H,8-10H2,1-5H3,(H,21,22,24)/t12-,13+,19-/m0/s1.